The number of aromatic nitrogens is 2. The number of hydrogen-bond acceptors (Lipinski definition) is 3. The van der Waals surface area contributed by atoms with Gasteiger partial charge in [0.2, 0.25) is 0 Å². The summed E-state index contributed by atoms with van der Waals surface area (Å²) >= 11 is 0. The first kappa shape index (κ1) is 19.7. The second kappa shape index (κ2) is 8.30. The van der Waals surface area contributed by atoms with Crippen LogP contribution in [0.3, 0.4) is 0 Å². The summed E-state index contributed by atoms with van der Waals surface area (Å²) in [6.07, 6.45) is 8.50. The fourth-order valence-corrected chi connectivity index (χ4v) is 3.83. The molecule has 2 heterocycles. The molecule has 1 saturated heterocycles. The van der Waals surface area contributed by atoms with Crippen LogP contribution in [0, 0.1) is 28.9 Å². The van der Waals surface area contributed by atoms with E-state index in [2.05, 4.69) is 4.98 Å². The zero-order valence-electron chi connectivity index (χ0n) is 15.9. The van der Waals surface area contributed by atoms with Gasteiger partial charge in [0.1, 0.15) is 17.2 Å². The second-order valence-electron chi connectivity index (χ2n) is 7.81. The molecule has 0 aliphatic carbocycles. The normalized spacial score (nSPS) is 22.5. The zero-order valence-corrected chi connectivity index (χ0v) is 15.9. The standard InChI is InChI=1S/C21H27F2N3O/c1-15(2)20(24)5-3-4-16-11-21(27-12-16,13-26-9-8-25-14-26)18-7-6-17(22)10-19(18)23/h6-10,14-16,24H,3-5,11-13H2,1-2H3/t16-,21+/m1/s1. The van der Waals surface area contributed by atoms with Crippen LogP contribution < -0.4 is 0 Å². The number of ether oxygens (including phenoxy) is 1. The summed E-state index contributed by atoms with van der Waals surface area (Å²) in [4.78, 5) is 4.06. The molecule has 0 radical (unpaired) electrons. The number of imidazole rings is 1. The Bertz CT molecular complexity index is 776. The van der Waals surface area contributed by atoms with Crippen LogP contribution in [0.15, 0.2) is 36.9 Å². The lowest BCUT2D eigenvalue weighted by molar-refractivity contribution is -0.0178. The molecule has 3 rings (SSSR count). The number of benzene rings is 1. The third-order valence-corrected chi connectivity index (χ3v) is 5.39. The van der Waals surface area contributed by atoms with E-state index in [9.17, 15) is 8.78 Å². The molecule has 1 aromatic heterocycles. The van der Waals surface area contributed by atoms with Crippen LogP contribution >= 0.6 is 0 Å². The lowest BCUT2D eigenvalue weighted by Crippen LogP contribution is -2.32. The molecule has 6 heteroatoms. The Kier molecular flexibility index (Phi) is 6.05. The van der Waals surface area contributed by atoms with E-state index in [1.54, 1.807) is 12.5 Å². The van der Waals surface area contributed by atoms with Crippen molar-refractivity contribution in [2.24, 2.45) is 11.8 Å². The first-order chi connectivity index (χ1) is 12.9. The minimum absolute atomic E-state index is 0.276. The first-order valence-corrected chi connectivity index (χ1v) is 9.52. The molecule has 27 heavy (non-hydrogen) atoms. The van der Waals surface area contributed by atoms with E-state index in [0.717, 1.165) is 31.0 Å². The maximum Gasteiger partial charge on any atom is 0.132 e. The van der Waals surface area contributed by atoms with E-state index in [4.69, 9.17) is 10.1 Å². The summed E-state index contributed by atoms with van der Waals surface area (Å²) in [5, 5.41) is 7.98. The molecule has 0 bridgehead atoms. The molecule has 0 amide bonds. The second-order valence-corrected chi connectivity index (χ2v) is 7.81. The summed E-state index contributed by atoms with van der Waals surface area (Å²) in [5.41, 5.74) is 0.340. The van der Waals surface area contributed by atoms with Crippen LogP contribution in [0.4, 0.5) is 8.78 Å². The number of halogens is 2. The predicted molar refractivity (Wildman–Crippen MR) is 101 cm³/mol. The van der Waals surface area contributed by atoms with Crippen molar-refractivity contribution >= 4 is 5.71 Å². The van der Waals surface area contributed by atoms with Crippen LogP contribution in [0.5, 0.6) is 0 Å². The van der Waals surface area contributed by atoms with Crippen LogP contribution in [0.2, 0.25) is 0 Å². The molecule has 2 aromatic rings. The van der Waals surface area contributed by atoms with E-state index in [1.807, 2.05) is 24.6 Å². The van der Waals surface area contributed by atoms with Crippen LogP contribution in [-0.2, 0) is 16.9 Å². The van der Waals surface area contributed by atoms with Gasteiger partial charge in [-0.25, -0.2) is 13.8 Å². The highest BCUT2D eigenvalue weighted by Gasteiger charge is 2.43. The highest BCUT2D eigenvalue weighted by atomic mass is 19.1. The van der Waals surface area contributed by atoms with Gasteiger partial charge < -0.3 is 14.7 Å². The molecule has 1 N–H and O–H groups in total. The van der Waals surface area contributed by atoms with E-state index in [1.165, 1.54) is 12.1 Å². The van der Waals surface area contributed by atoms with Crippen molar-refractivity contribution < 1.29 is 13.5 Å². The Hall–Kier alpha value is -2.08. The quantitative estimate of drug-likeness (QED) is 0.665. The van der Waals surface area contributed by atoms with Gasteiger partial charge in [-0.1, -0.05) is 19.9 Å². The minimum atomic E-state index is -0.825. The van der Waals surface area contributed by atoms with Gasteiger partial charge in [0.25, 0.3) is 0 Å². The third kappa shape index (κ3) is 4.61. The molecule has 146 valence electrons. The topological polar surface area (TPSA) is 50.9 Å². The average molecular weight is 375 g/mol. The van der Waals surface area contributed by atoms with Gasteiger partial charge in [-0.2, -0.15) is 0 Å². The summed E-state index contributed by atoms with van der Waals surface area (Å²) < 4.78 is 36.0. The van der Waals surface area contributed by atoms with Crippen molar-refractivity contribution in [1.29, 1.82) is 5.41 Å². The summed E-state index contributed by atoms with van der Waals surface area (Å²) in [7, 11) is 0. The van der Waals surface area contributed by atoms with E-state index in [-0.39, 0.29) is 11.8 Å². The van der Waals surface area contributed by atoms with Crippen LogP contribution in [0.25, 0.3) is 0 Å². The van der Waals surface area contributed by atoms with Gasteiger partial charge in [-0.15, -0.1) is 0 Å². The van der Waals surface area contributed by atoms with Gasteiger partial charge in [0.05, 0.1) is 19.5 Å². The maximum atomic E-state index is 14.6. The Labute approximate surface area is 159 Å². The minimum Gasteiger partial charge on any atom is -0.368 e. The van der Waals surface area contributed by atoms with E-state index in [0.29, 0.717) is 25.1 Å². The lowest BCUT2D eigenvalue weighted by atomic mass is 9.84. The Morgan fingerprint density at radius 1 is 1.41 bits per heavy atom. The van der Waals surface area contributed by atoms with Crippen molar-refractivity contribution in [3.8, 4) is 0 Å². The van der Waals surface area contributed by atoms with Gasteiger partial charge in [0, 0.05) is 29.7 Å². The number of nitrogens with one attached hydrogen (secondary N) is 1. The van der Waals surface area contributed by atoms with Gasteiger partial charge in [0.15, 0.2) is 0 Å². The highest BCUT2D eigenvalue weighted by molar-refractivity contribution is 5.83. The SMILES string of the molecule is CC(C)C(=N)CCC[C@H]1CO[C@@](Cn2ccnc2)(c2ccc(F)cc2F)C1. The number of rotatable bonds is 8. The molecule has 1 aromatic carbocycles. The Balaban J connectivity index is 1.75. The fourth-order valence-electron chi connectivity index (χ4n) is 3.83. The van der Waals surface area contributed by atoms with Gasteiger partial charge >= 0.3 is 0 Å². The van der Waals surface area contributed by atoms with Crippen LogP contribution in [0.1, 0.15) is 45.1 Å². The highest BCUT2D eigenvalue weighted by Crippen LogP contribution is 2.43. The molecule has 0 spiro atoms. The molecule has 0 saturated carbocycles. The molecular weight excluding hydrogens is 348 g/mol. The van der Waals surface area contributed by atoms with Crippen molar-refractivity contribution in [2.45, 2.75) is 51.7 Å². The van der Waals surface area contributed by atoms with Crippen molar-refractivity contribution in [2.75, 3.05) is 6.61 Å². The zero-order chi connectivity index (χ0) is 19.4. The largest absolute Gasteiger partial charge is 0.368 e. The smallest absolute Gasteiger partial charge is 0.132 e. The summed E-state index contributed by atoms with van der Waals surface area (Å²) in [6.45, 7) is 5.05. The van der Waals surface area contributed by atoms with Crippen molar-refractivity contribution in [3.05, 3.63) is 54.1 Å². The Morgan fingerprint density at radius 3 is 2.89 bits per heavy atom. The van der Waals surface area contributed by atoms with Gasteiger partial charge in [-0.05, 0) is 43.6 Å². The van der Waals surface area contributed by atoms with E-state index >= 15 is 0 Å². The molecule has 2 atom stereocenters. The average Bonchev–Trinajstić information content (AvgIpc) is 3.25. The predicted octanol–water partition coefficient (Wildman–Crippen LogP) is 4.94. The summed E-state index contributed by atoms with van der Waals surface area (Å²) in [5.74, 6) is -0.593. The Morgan fingerprint density at radius 2 is 2.22 bits per heavy atom. The van der Waals surface area contributed by atoms with Crippen molar-refractivity contribution in [1.82, 2.24) is 9.55 Å². The number of nitrogens with zero attached hydrogens (tertiary/aromatic N) is 2. The fraction of sp³-hybridized carbons (Fsp3) is 0.524. The monoisotopic (exact) mass is 375 g/mol. The van der Waals surface area contributed by atoms with Gasteiger partial charge in [-0.3, -0.25) is 0 Å². The number of hydrogen-bond donors (Lipinski definition) is 1. The molecule has 4 nitrogen and oxygen atoms in total. The lowest BCUT2D eigenvalue weighted by Gasteiger charge is -2.30. The summed E-state index contributed by atoms with van der Waals surface area (Å²) in [6, 6.07) is 3.71. The molecular formula is C21H27F2N3O. The first-order valence-electron chi connectivity index (χ1n) is 9.52. The van der Waals surface area contributed by atoms with Crippen molar-refractivity contribution in [3.63, 3.8) is 0 Å². The maximum absolute atomic E-state index is 14.6. The molecule has 1 aliphatic heterocycles. The molecule has 1 aliphatic rings. The molecule has 0 unspecified atom stereocenters. The third-order valence-electron chi connectivity index (χ3n) is 5.39. The van der Waals surface area contributed by atoms with Crippen LogP contribution in [-0.4, -0.2) is 21.9 Å². The molecule has 1 fully saturated rings. The van der Waals surface area contributed by atoms with E-state index < -0.39 is 17.2 Å².